The molecule has 10 heteroatoms. The molecule has 5 nitrogen and oxygen atoms in total. The number of halogens is 3. The van der Waals surface area contributed by atoms with Gasteiger partial charge in [0.05, 0.1) is 13.9 Å². The van der Waals surface area contributed by atoms with E-state index in [9.17, 15) is 13.6 Å². The van der Waals surface area contributed by atoms with Gasteiger partial charge in [-0.15, -0.1) is 11.3 Å². The lowest BCUT2D eigenvalue weighted by atomic mass is 10.0. The second kappa shape index (κ2) is 14.3. The molecule has 0 amide bonds. The van der Waals surface area contributed by atoms with Crippen molar-refractivity contribution >= 4 is 55.7 Å². The number of nitrogens with zero attached hydrogens (tertiary/aromatic N) is 1. The zero-order valence-corrected chi connectivity index (χ0v) is 25.6. The maximum absolute atomic E-state index is 13.6. The SMILES string of the molecule is CF.Cc1ccccc1C(=O)c1sc2cc(OPI)ccc2c1Oc1ccc(OCCN2CC(CF)C2)cc1. The van der Waals surface area contributed by atoms with Crippen molar-refractivity contribution in [2.45, 2.75) is 6.92 Å². The van der Waals surface area contributed by atoms with E-state index in [2.05, 4.69) is 26.9 Å². The molecule has 0 radical (unpaired) electrons. The van der Waals surface area contributed by atoms with Crippen LogP contribution in [0, 0.1) is 12.8 Å². The lowest BCUT2D eigenvalue weighted by Gasteiger charge is -2.37. The molecule has 1 aliphatic rings. The fourth-order valence-electron chi connectivity index (χ4n) is 4.33. The van der Waals surface area contributed by atoms with Crippen molar-refractivity contribution in [2.24, 2.45) is 5.92 Å². The summed E-state index contributed by atoms with van der Waals surface area (Å²) in [6, 6.07) is 20.8. The summed E-state index contributed by atoms with van der Waals surface area (Å²) in [7, 11) is 0.500. The quantitative estimate of drug-likeness (QED) is 0.0903. The first-order valence-electron chi connectivity index (χ1n) is 12.3. The number of fused-ring (bicyclic) bond motifs is 1. The molecule has 5 rings (SSSR count). The van der Waals surface area contributed by atoms with E-state index in [4.69, 9.17) is 14.0 Å². The van der Waals surface area contributed by atoms with E-state index in [0.29, 0.717) is 42.2 Å². The highest BCUT2D eigenvalue weighted by Gasteiger charge is 2.26. The molecule has 0 saturated carbocycles. The highest BCUT2D eigenvalue weighted by Crippen LogP contribution is 2.44. The van der Waals surface area contributed by atoms with Gasteiger partial charge in [-0.2, -0.15) is 0 Å². The van der Waals surface area contributed by atoms with Crippen LogP contribution in [0.5, 0.6) is 23.0 Å². The second-order valence-corrected chi connectivity index (χ2v) is 11.7. The summed E-state index contributed by atoms with van der Waals surface area (Å²) in [6.07, 6.45) is 0. The van der Waals surface area contributed by atoms with Crippen molar-refractivity contribution in [2.75, 3.05) is 40.1 Å². The fourth-order valence-corrected chi connectivity index (χ4v) is 6.42. The summed E-state index contributed by atoms with van der Waals surface area (Å²) in [6.45, 7) is 4.93. The zero-order valence-electron chi connectivity index (χ0n) is 21.6. The van der Waals surface area contributed by atoms with Gasteiger partial charge in [0.2, 0.25) is 5.78 Å². The molecule has 2 heterocycles. The summed E-state index contributed by atoms with van der Waals surface area (Å²) in [4.78, 5) is 16.4. The molecule has 1 aromatic heterocycles. The van der Waals surface area contributed by atoms with Gasteiger partial charge in [-0.1, -0.05) is 24.3 Å². The molecule has 1 fully saturated rings. The lowest BCUT2D eigenvalue weighted by Crippen LogP contribution is -2.49. The predicted octanol–water partition coefficient (Wildman–Crippen LogP) is 8.42. The Kier molecular flexibility index (Phi) is 10.9. The molecule has 3 aromatic carbocycles. The molecule has 1 unspecified atom stereocenters. The topological polar surface area (TPSA) is 48.0 Å². The number of likely N-dealkylation sites (tertiary alicyclic amines) is 1. The third kappa shape index (κ3) is 7.25. The van der Waals surface area contributed by atoms with Gasteiger partial charge in [0.15, 0.2) is 5.75 Å². The lowest BCUT2D eigenvalue weighted by molar-refractivity contribution is 0.0668. The van der Waals surface area contributed by atoms with Crippen LogP contribution >= 0.6 is 39.8 Å². The number of thiophene rings is 1. The average molecular weight is 683 g/mol. The van der Waals surface area contributed by atoms with E-state index < -0.39 is 0 Å². The van der Waals surface area contributed by atoms with Crippen LogP contribution in [0.25, 0.3) is 10.1 Å². The fraction of sp³-hybridized carbons (Fsp3) is 0.276. The Morgan fingerprint density at radius 3 is 2.44 bits per heavy atom. The average Bonchev–Trinajstić information content (AvgIpc) is 3.29. The maximum Gasteiger partial charge on any atom is 0.207 e. The van der Waals surface area contributed by atoms with Crippen LogP contribution in [0.3, 0.4) is 0 Å². The van der Waals surface area contributed by atoms with E-state index in [1.165, 1.54) is 11.3 Å². The van der Waals surface area contributed by atoms with E-state index in [-0.39, 0.29) is 18.4 Å². The summed E-state index contributed by atoms with van der Waals surface area (Å²) in [5, 5.41) is 0.868. The first-order valence-corrected chi connectivity index (χ1v) is 17.2. The largest absolute Gasteiger partial charge is 0.492 e. The molecule has 4 aromatic rings. The zero-order chi connectivity index (χ0) is 27.8. The molecule has 1 atom stereocenters. The number of alkyl halides is 2. The van der Waals surface area contributed by atoms with Gasteiger partial charge >= 0.3 is 0 Å². The number of benzene rings is 3. The number of aryl methyl sites for hydroxylation is 1. The number of ether oxygens (including phenoxy) is 2. The van der Waals surface area contributed by atoms with Crippen LogP contribution in [0.2, 0.25) is 0 Å². The third-order valence-corrected chi connectivity index (χ3v) is 8.45. The summed E-state index contributed by atoms with van der Waals surface area (Å²) in [5.41, 5.74) is 1.58. The van der Waals surface area contributed by atoms with Crippen molar-refractivity contribution in [3.8, 4) is 23.0 Å². The number of rotatable bonds is 11. The molecule has 39 heavy (non-hydrogen) atoms. The molecule has 206 valence electrons. The van der Waals surface area contributed by atoms with Crippen molar-refractivity contribution in [1.82, 2.24) is 4.90 Å². The summed E-state index contributed by atoms with van der Waals surface area (Å²) < 4.78 is 40.9. The van der Waals surface area contributed by atoms with Gasteiger partial charge in [-0.05, 0) is 77.0 Å². The van der Waals surface area contributed by atoms with Gasteiger partial charge in [-0.3, -0.25) is 18.5 Å². The maximum atomic E-state index is 13.6. The first-order chi connectivity index (χ1) is 19.1. The van der Waals surface area contributed by atoms with Gasteiger partial charge in [0.1, 0.15) is 35.2 Å². The second-order valence-electron chi connectivity index (χ2n) is 8.94. The van der Waals surface area contributed by atoms with Crippen LogP contribution < -0.4 is 14.0 Å². The normalized spacial score (nSPS) is 13.7. The van der Waals surface area contributed by atoms with Gasteiger partial charge < -0.3 is 14.0 Å². The van der Waals surface area contributed by atoms with E-state index in [1.54, 1.807) is 0 Å². The van der Waals surface area contributed by atoms with Crippen LogP contribution in [0.15, 0.2) is 66.7 Å². The molecule has 1 saturated heterocycles. The van der Waals surface area contributed by atoms with Crippen molar-refractivity contribution in [1.29, 1.82) is 0 Å². The monoisotopic (exact) mass is 683 g/mol. The Morgan fingerprint density at radius 1 is 1.05 bits per heavy atom. The van der Waals surface area contributed by atoms with Crippen LogP contribution in [-0.4, -0.2) is 50.8 Å². The van der Waals surface area contributed by atoms with Gasteiger partial charge in [0, 0.05) is 41.2 Å². The van der Waals surface area contributed by atoms with Gasteiger partial charge in [-0.25, -0.2) is 0 Å². The third-order valence-electron chi connectivity index (χ3n) is 6.34. The van der Waals surface area contributed by atoms with E-state index >= 15 is 0 Å². The molecule has 0 N–H and O–H groups in total. The highest BCUT2D eigenvalue weighted by molar-refractivity contribution is 14.2. The Morgan fingerprint density at radius 2 is 1.74 bits per heavy atom. The molecule has 0 bridgehead atoms. The summed E-state index contributed by atoms with van der Waals surface area (Å²) in [5.74, 6) is 2.79. The molecule has 0 aliphatic carbocycles. The van der Waals surface area contributed by atoms with Crippen LogP contribution in [0.4, 0.5) is 8.78 Å². The van der Waals surface area contributed by atoms with Crippen LogP contribution in [-0.2, 0) is 0 Å². The number of ketones is 1. The Labute approximate surface area is 245 Å². The Balaban J connectivity index is 0.00000172. The van der Waals surface area contributed by atoms with Crippen molar-refractivity contribution in [3.63, 3.8) is 0 Å². The molecule has 1 aliphatic heterocycles. The summed E-state index contributed by atoms with van der Waals surface area (Å²) >= 11 is 3.60. The molecular formula is C29H29F2INO4PS. The molecule has 0 spiro atoms. The van der Waals surface area contributed by atoms with Crippen molar-refractivity contribution < 1.29 is 27.6 Å². The molecular weight excluding hydrogens is 654 g/mol. The number of carbonyl (C=O) groups excluding carboxylic acids is 1. The van der Waals surface area contributed by atoms with E-state index in [0.717, 1.165) is 46.8 Å². The smallest absolute Gasteiger partial charge is 0.207 e. The number of carbonyl (C=O) groups is 1. The number of hydrogen-bond donors (Lipinski definition) is 0. The Bertz CT molecular complexity index is 1400. The Hall–Kier alpha value is -2.33. The predicted molar refractivity (Wildman–Crippen MR) is 164 cm³/mol. The number of hydrogen-bond acceptors (Lipinski definition) is 6. The highest BCUT2D eigenvalue weighted by atomic mass is 127. The van der Waals surface area contributed by atoms with Crippen LogP contribution in [0.1, 0.15) is 20.8 Å². The minimum Gasteiger partial charge on any atom is -0.492 e. The first kappa shape index (κ1) is 29.6. The van der Waals surface area contributed by atoms with Crippen molar-refractivity contribution in [3.05, 3.63) is 82.7 Å². The minimum absolute atomic E-state index is 0.0616. The van der Waals surface area contributed by atoms with E-state index in [1.807, 2.05) is 73.7 Å². The minimum atomic E-state index is -0.246. The standard InChI is InChI=1S/C28H26FINO4PS.CH3F/c1-18-4-2-3-5-23(18)26(32)28-27(24-11-10-22(35-36-30)14-25(24)37-28)34-21-8-6-20(7-9-21)33-13-12-31-16-19(15-29)17-31;1-2/h2-11,14,19,36H,12-13,15-17H2,1H3;1H3. The van der Waals surface area contributed by atoms with Gasteiger partial charge in [0.25, 0.3) is 0 Å².